The van der Waals surface area contributed by atoms with Gasteiger partial charge in [-0.05, 0) is 24.6 Å². The van der Waals surface area contributed by atoms with Gasteiger partial charge in [-0.25, -0.2) is 0 Å². The molecule has 110 valence electrons. The number of ketones is 1. The van der Waals surface area contributed by atoms with E-state index in [1.165, 1.54) is 6.92 Å². The van der Waals surface area contributed by atoms with E-state index in [-0.39, 0.29) is 18.2 Å². The molecule has 1 heterocycles. The molecule has 2 aromatic carbocycles. The van der Waals surface area contributed by atoms with Gasteiger partial charge in [0.2, 0.25) is 0 Å². The molecule has 0 radical (unpaired) electrons. The lowest BCUT2D eigenvalue weighted by Gasteiger charge is -2.20. The van der Waals surface area contributed by atoms with Crippen molar-refractivity contribution < 1.29 is 9.59 Å². The Kier molecular flexibility index (Phi) is 4.11. The molecule has 0 unspecified atom stereocenters. The number of Topliss-reactive ketones (excluding diaryl/α,β-unsaturated/α-hetero) is 1. The summed E-state index contributed by atoms with van der Waals surface area (Å²) in [4.78, 5) is 27.5. The topological polar surface area (TPSA) is 37.4 Å². The highest BCUT2D eigenvalue weighted by atomic mass is 32.2. The predicted octanol–water partition coefficient (Wildman–Crippen LogP) is 3.76. The zero-order chi connectivity index (χ0) is 15.5. The lowest BCUT2D eigenvalue weighted by atomic mass is 10.2. The first kappa shape index (κ1) is 14.6. The number of carbonyl (C=O) groups excluding carboxylic acids is 2. The zero-order valence-electron chi connectivity index (χ0n) is 12.2. The van der Waals surface area contributed by atoms with E-state index in [2.05, 4.69) is 0 Å². The Labute approximate surface area is 133 Å². The number of rotatable bonds is 3. The second kappa shape index (κ2) is 6.20. The Hall–Kier alpha value is -2.33. The monoisotopic (exact) mass is 309 g/mol. The largest absolute Gasteiger partial charge is 0.300 e. The van der Waals surface area contributed by atoms with Crippen LogP contribution in [0.4, 0.5) is 5.69 Å². The van der Waals surface area contributed by atoms with Crippen molar-refractivity contribution in [3.8, 4) is 0 Å². The lowest BCUT2D eigenvalue weighted by molar-refractivity contribution is -0.119. The Morgan fingerprint density at radius 1 is 1.05 bits per heavy atom. The molecule has 3 nitrogen and oxygen atoms in total. The number of amides is 1. The molecule has 0 atom stereocenters. The number of para-hydroxylation sites is 1. The fraction of sp³-hybridized carbons (Fsp3) is 0.111. The summed E-state index contributed by atoms with van der Waals surface area (Å²) in [6.07, 6.45) is 1.61. The van der Waals surface area contributed by atoms with Crippen LogP contribution in [0.15, 0.2) is 65.6 Å². The summed E-state index contributed by atoms with van der Waals surface area (Å²) >= 11 is 1.55. The van der Waals surface area contributed by atoms with E-state index in [0.29, 0.717) is 0 Å². The molecule has 1 aliphatic heterocycles. The molecule has 4 heteroatoms. The van der Waals surface area contributed by atoms with E-state index in [1.807, 2.05) is 54.6 Å². The minimum atomic E-state index is -0.161. The maximum absolute atomic E-state index is 12.6. The van der Waals surface area contributed by atoms with Crippen molar-refractivity contribution in [3.63, 3.8) is 0 Å². The standard InChI is InChI=1S/C18H15NO2S/c1-13(20)12-19-15-9-5-6-10-16(15)22-17(11-18(19)21)14-7-3-2-4-8-14/h2-11H,12H2,1H3. The number of carbonyl (C=O) groups is 2. The Bertz CT molecular complexity index is 753. The van der Waals surface area contributed by atoms with Gasteiger partial charge >= 0.3 is 0 Å². The van der Waals surface area contributed by atoms with Crippen LogP contribution in [0.5, 0.6) is 0 Å². The minimum Gasteiger partial charge on any atom is -0.300 e. The third-order valence-corrected chi connectivity index (χ3v) is 4.47. The number of nitrogens with zero attached hydrogens (tertiary/aromatic N) is 1. The third-order valence-electron chi connectivity index (χ3n) is 3.34. The normalized spacial score (nSPS) is 14.1. The van der Waals surface area contributed by atoms with Crippen LogP contribution in [0.2, 0.25) is 0 Å². The SMILES string of the molecule is CC(=O)CN1C(=O)C=C(c2ccccc2)Sc2ccccc21. The lowest BCUT2D eigenvalue weighted by Crippen LogP contribution is -2.33. The van der Waals surface area contributed by atoms with Gasteiger partial charge in [0.05, 0.1) is 12.2 Å². The third kappa shape index (κ3) is 2.97. The van der Waals surface area contributed by atoms with Crippen molar-refractivity contribution in [2.75, 3.05) is 11.4 Å². The van der Waals surface area contributed by atoms with Crippen LogP contribution in [0.25, 0.3) is 4.91 Å². The average molecular weight is 309 g/mol. The van der Waals surface area contributed by atoms with Crippen molar-refractivity contribution in [2.24, 2.45) is 0 Å². The zero-order valence-corrected chi connectivity index (χ0v) is 13.0. The molecular formula is C18H15NO2S. The molecule has 0 saturated heterocycles. The molecule has 0 aromatic heterocycles. The van der Waals surface area contributed by atoms with Crippen molar-refractivity contribution >= 4 is 34.0 Å². The molecule has 0 N–H and O–H groups in total. The van der Waals surface area contributed by atoms with Gasteiger partial charge in [-0.1, -0.05) is 54.2 Å². The van der Waals surface area contributed by atoms with Gasteiger partial charge < -0.3 is 4.90 Å². The molecule has 2 aromatic rings. The highest BCUT2D eigenvalue weighted by molar-refractivity contribution is 8.08. The maximum atomic E-state index is 12.6. The minimum absolute atomic E-state index is 0.0373. The number of thioether (sulfide) groups is 1. The van der Waals surface area contributed by atoms with E-state index in [0.717, 1.165) is 21.1 Å². The summed E-state index contributed by atoms with van der Waals surface area (Å²) in [6.45, 7) is 1.59. The van der Waals surface area contributed by atoms with Crippen LogP contribution in [0.1, 0.15) is 12.5 Å². The highest BCUT2D eigenvalue weighted by Gasteiger charge is 2.24. The van der Waals surface area contributed by atoms with Gasteiger partial charge in [0.1, 0.15) is 5.78 Å². The van der Waals surface area contributed by atoms with Gasteiger partial charge in [-0.15, -0.1) is 0 Å². The quantitative estimate of drug-likeness (QED) is 0.866. The molecule has 0 saturated carbocycles. The van der Waals surface area contributed by atoms with Crippen molar-refractivity contribution in [1.82, 2.24) is 0 Å². The summed E-state index contributed by atoms with van der Waals surface area (Å²) in [5, 5.41) is 0. The van der Waals surface area contributed by atoms with Gasteiger partial charge in [-0.2, -0.15) is 0 Å². The fourth-order valence-electron chi connectivity index (χ4n) is 2.35. The number of hydrogen-bond donors (Lipinski definition) is 0. The number of hydrogen-bond acceptors (Lipinski definition) is 3. The van der Waals surface area contributed by atoms with E-state index in [4.69, 9.17) is 0 Å². The molecule has 0 spiro atoms. The van der Waals surface area contributed by atoms with Gasteiger partial charge in [0, 0.05) is 15.9 Å². The molecule has 0 fully saturated rings. The summed E-state index contributed by atoms with van der Waals surface area (Å²) in [5.41, 5.74) is 1.79. The van der Waals surface area contributed by atoms with E-state index < -0.39 is 0 Å². The van der Waals surface area contributed by atoms with Crippen molar-refractivity contribution in [2.45, 2.75) is 11.8 Å². The smallest absolute Gasteiger partial charge is 0.252 e. The first-order valence-electron chi connectivity index (χ1n) is 7.00. The van der Waals surface area contributed by atoms with Crippen LogP contribution in [-0.4, -0.2) is 18.2 Å². The molecule has 0 bridgehead atoms. The Morgan fingerprint density at radius 2 is 1.73 bits per heavy atom. The summed E-state index contributed by atoms with van der Waals surface area (Å²) < 4.78 is 0. The first-order chi connectivity index (χ1) is 10.6. The van der Waals surface area contributed by atoms with Crippen LogP contribution in [0, 0.1) is 0 Å². The van der Waals surface area contributed by atoms with E-state index >= 15 is 0 Å². The molecule has 0 aliphatic carbocycles. The number of benzene rings is 2. The van der Waals surface area contributed by atoms with Crippen LogP contribution < -0.4 is 4.90 Å². The number of fused-ring (bicyclic) bond motifs is 1. The average Bonchev–Trinajstić information content (AvgIpc) is 2.66. The van der Waals surface area contributed by atoms with E-state index in [9.17, 15) is 9.59 Å². The van der Waals surface area contributed by atoms with Gasteiger partial charge in [0.25, 0.3) is 5.91 Å². The second-order valence-corrected chi connectivity index (χ2v) is 6.15. The van der Waals surface area contributed by atoms with Crippen LogP contribution >= 0.6 is 11.8 Å². The molecule has 3 rings (SSSR count). The molecule has 22 heavy (non-hydrogen) atoms. The summed E-state index contributed by atoms with van der Waals surface area (Å²) in [6, 6.07) is 17.5. The summed E-state index contributed by atoms with van der Waals surface area (Å²) in [5.74, 6) is -0.198. The molecular weight excluding hydrogens is 294 g/mol. The Morgan fingerprint density at radius 3 is 2.45 bits per heavy atom. The second-order valence-electron chi connectivity index (χ2n) is 5.07. The number of anilines is 1. The highest BCUT2D eigenvalue weighted by Crippen LogP contribution is 2.42. The van der Waals surface area contributed by atoms with Gasteiger partial charge in [0.15, 0.2) is 0 Å². The molecule has 1 amide bonds. The van der Waals surface area contributed by atoms with Crippen molar-refractivity contribution in [3.05, 3.63) is 66.2 Å². The maximum Gasteiger partial charge on any atom is 0.252 e. The van der Waals surface area contributed by atoms with Crippen LogP contribution in [-0.2, 0) is 9.59 Å². The predicted molar refractivity (Wildman–Crippen MR) is 89.8 cm³/mol. The molecule has 1 aliphatic rings. The van der Waals surface area contributed by atoms with Crippen LogP contribution in [0.3, 0.4) is 0 Å². The van der Waals surface area contributed by atoms with E-state index in [1.54, 1.807) is 22.7 Å². The summed E-state index contributed by atoms with van der Waals surface area (Å²) in [7, 11) is 0. The first-order valence-corrected chi connectivity index (χ1v) is 7.82. The van der Waals surface area contributed by atoms with Gasteiger partial charge in [-0.3, -0.25) is 9.59 Å². The van der Waals surface area contributed by atoms with Crippen molar-refractivity contribution in [1.29, 1.82) is 0 Å². The fourth-order valence-corrected chi connectivity index (χ4v) is 3.43. The Balaban J connectivity index is 2.08.